The van der Waals surface area contributed by atoms with Crippen molar-refractivity contribution in [3.8, 4) is 0 Å². The van der Waals surface area contributed by atoms with Gasteiger partial charge < -0.3 is 10.6 Å². The molecule has 1 atom stereocenters. The van der Waals surface area contributed by atoms with Gasteiger partial charge in [0, 0.05) is 12.6 Å². The fourth-order valence-corrected chi connectivity index (χ4v) is 2.17. The Kier molecular flexibility index (Phi) is 3.64. The molecule has 1 unspecified atom stereocenters. The minimum Gasteiger partial charge on any atom is -0.348 e. The first-order chi connectivity index (χ1) is 8.08. The van der Waals surface area contributed by atoms with Gasteiger partial charge in [-0.25, -0.2) is 4.39 Å². The van der Waals surface area contributed by atoms with Crippen LogP contribution in [0.3, 0.4) is 0 Å². The van der Waals surface area contributed by atoms with Crippen molar-refractivity contribution in [3.05, 3.63) is 34.1 Å². The maximum absolute atomic E-state index is 13.4. The van der Waals surface area contributed by atoms with Gasteiger partial charge in [0.25, 0.3) is 5.91 Å². The predicted octanol–water partition coefficient (Wildman–Crippen LogP) is 1.88. The highest BCUT2D eigenvalue weighted by atomic mass is 35.5. The molecule has 1 aliphatic rings. The van der Waals surface area contributed by atoms with Crippen molar-refractivity contribution >= 4 is 17.5 Å². The summed E-state index contributed by atoms with van der Waals surface area (Å²) < 4.78 is 13.4. The molecule has 0 bridgehead atoms. The maximum Gasteiger partial charge on any atom is 0.253 e. The Hall–Kier alpha value is -1.13. The number of halogens is 2. The van der Waals surface area contributed by atoms with Crippen molar-refractivity contribution in [1.82, 2.24) is 10.6 Å². The smallest absolute Gasteiger partial charge is 0.253 e. The number of amides is 1. The Balaban J connectivity index is 2.15. The van der Waals surface area contributed by atoms with Gasteiger partial charge in [0.05, 0.1) is 10.6 Å². The van der Waals surface area contributed by atoms with E-state index in [1.165, 1.54) is 12.1 Å². The molecule has 92 valence electrons. The summed E-state index contributed by atoms with van der Waals surface area (Å²) in [6, 6.07) is 2.76. The summed E-state index contributed by atoms with van der Waals surface area (Å²) in [5, 5.41) is 6.26. The van der Waals surface area contributed by atoms with E-state index in [0.717, 1.165) is 19.5 Å². The summed E-state index contributed by atoms with van der Waals surface area (Å²) in [6.45, 7) is 3.25. The van der Waals surface area contributed by atoms with Crippen LogP contribution >= 0.6 is 11.6 Å². The van der Waals surface area contributed by atoms with E-state index in [0.29, 0.717) is 5.56 Å². The number of nitrogens with one attached hydrogen (secondary N) is 2. The molecule has 1 heterocycles. The van der Waals surface area contributed by atoms with Crippen LogP contribution in [0.5, 0.6) is 0 Å². The van der Waals surface area contributed by atoms with Gasteiger partial charge >= 0.3 is 0 Å². The second-order valence-electron chi connectivity index (χ2n) is 4.24. The summed E-state index contributed by atoms with van der Waals surface area (Å²) in [4.78, 5) is 11.9. The molecule has 0 radical (unpaired) electrons. The molecule has 1 fully saturated rings. The lowest BCUT2D eigenvalue weighted by molar-refractivity contribution is 0.0940. The zero-order valence-corrected chi connectivity index (χ0v) is 10.3. The van der Waals surface area contributed by atoms with Crippen LogP contribution in [0, 0.1) is 12.7 Å². The second kappa shape index (κ2) is 5.02. The van der Waals surface area contributed by atoms with Crippen molar-refractivity contribution in [3.63, 3.8) is 0 Å². The lowest BCUT2D eigenvalue weighted by atomic mass is 10.1. The van der Waals surface area contributed by atoms with E-state index in [2.05, 4.69) is 10.6 Å². The fourth-order valence-electron chi connectivity index (χ4n) is 1.86. The Labute approximate surface area is 104 Å². The number of rotatable bonds is 2. The molecule has 2 rings (SSSR count). The van der Waals surface area contributed by atoms with Gasteiger partial charge in [-0.1, -0.05) is 11.6 Å². The third kappa shape index (κ3) is 2.76. The molecule has 5 heteroatoms. The molecule has 0 spiro atoms. The second-order valence-corrected chi connectivity index (χ2v) is 4.65. The van der Waals surface area contributed by atoms with Crippen LogP contribution in [0.2, 0.25) is 5.02 Å². The fraction of sp³-hybridized carbons (Fsp3) is 0.417. The third-order valence-electron chi connectivity index (χ3n) is 2.89. The van der Waals surface area contributed by atoms with E-state index < -0.39 is 5.82 Å². The molecular formula is C12H14ClFN2O. The summed E-state index contributed by atoms with van der Waals surface area (Å²) in [5.41, 5.74) is 0.635. The predicted molar refractivity (Wildman–Crippen MR) is 64.9 cm³/mol. The van der Waals surface area contributed by atoms with Crippen molar-refractivity contribution < 1.29 is 9.18 Å². The number of benzene rings is 1. The van der Waals surface area contributed by atoms with E-state index >= 15 is 0 Å². The van der Waals surface area contributed by atoms with Crippen molar-refractivity contribution in [2.24, 2.45) is 0 Å². The van der Waals surface area contributed by atoms with Gasteiger partial charge in [-0.2, -0.15) is 0 Å². The lowest BCUT2D eigenvalue weighted by Gasteiger charge is -2.12. The van der Waals surface area contributed by atoms with E-state index in [-0.39, 0.29) is 22.5 Å². The van der Waals surface area contributed by atoms with E-state index in [1.54, 1.807) is 6.92 Å². The van der Waals surface area contributed by atoms with Gasteiger partial charge in [-0.3, -0.25) is 4.79 Å². The SMILES string of the molecule is Cc1cc(Cl)c(C(=O)NC2CCNC2)cc1F. The minimum absolute atomic E-state index is 0.0999. The van der Waals surface area contributed by atoms with Crippen molar-refractivity contribution in [1.29, 1.82) is 0 Å². The highest BCUT2D eigenvalue weighted by Gasteiger charge is 2.19. The van der Waals surface area contributed by atoms with E-state index in [1.807, 2.05) is 0 Å². The van der Waals surface area contributed by atoms with Crippen LogP contribution in [-0.2, 0) is 0 Å². The summed E-state index contributed by atoms with van der Waals surface area (Å²) in [5.74, 6) is -0.730. The molecule has 1 aromatic rings. The lowest BCUT2D eigenvalue weighted by Crippen LogP contribution is -2.36. The number of hydrogen-bond donors (Lipinski definition) is 2. The highest BCUT2D eigenvalue weighted by Crippen LogP contribution is 2.20. The van der Waals surface area contributed by atoms with Gasteiger partial charge in [0.1, 0.15) is 5.82 Å². The van der Waals surface area contributed by atoms with Crippen LogP contribution in [0.1, 0.15) is 22.3 Å². The van der Waals surface area contributed by atoms with E-state index in [9.17, 15) is 9.18 Å². The normalized spacial score (nSPS) is 19.4. The number of carbonyl (C=O) groups excluding carboxylic acids is 1. The molecule has 3 nitrogen and oxygen atoms in total. The number of carbonyl (C=O) groups is 1. The van der Waals surface area contributed by atoms with Crippen molar-refractivity contribution in [2.45, 2.75) is 19.4 Å². The molecule has 1 aliphatic heterocycles. The van der Waals surface area contributed by atoms with Gasteiger partial charge in [-0.05, 0) is 37.6 Å². The first-order valence-electron chi connectivity index (χ1n) is 5.55. The molecule has 1 aromatic carbocycles. The Bertz CT molecular complexity index is 444. The van der Waals surface area contributed by atoms with Gasteiger partial charge in [0.15, 0.2) is 0 Å². The molecule has 1 saturated heterocycles. The van der Waals surface area contributed by atoms with E-state index in [4.69, 9.17) is 11.6 Å². The van der Waals surface area contributed by atoms with Crippen LogP contribution in [-0.4, -0.2) is 25.0 Å². The van der Waals surface area contributed by atoms with Crippen LogP contribution in [0.4, 0.5) is 4.39 Å². The largest absolute Gasteiger partial charge is 0.348 e. The first-order valence-corrected chi connectivity index (χ1v) is 5.93. The van der Waals surface area contributed by atoms with Crippen LogP contribution in [0.15, 0.2) is 12.1 Å². The third-order valence-corrected chi connectivity index (χ3v) is 3.20. The number of aryl methyl sites for hydroxylation is 1. The average molecular weight is 257 g/mol. The maximum atomic E-state index is 13.4. The summed E-state index contributed by atoms with van der Waals surface area (Å²) >= 11 is 5.94. The zero-order chi connectivity index (χ0) is 12.4. The Morgan fingerprint density at radius 1 is 1.59 bits per heavy atom. The molecule has 0 aliphatic carbocycles. The molecule has 17 heavy (non-hydrogen) atoms. The van der Waals surface area contributed by atoms with Gasteiger partial charge in [0.2, 0.25) is 0 Å². The van der Waals surface area contributed by atoms with Crippen LogP contribution < -0.4 is 10.6 Å². The zero-order valence-electron chi connectivity index (χ0n) is 9.52. The summed E-state index contributed by atoms with van der Waals surface area (Å²) in [7, 11) is 0. The Morgan fingerprint density at radius 3 is 3.00 bits per heavy atom. The quantitative estimate of drug-likeness (QED) is 0.848. The summed E-state index contributed by atoms with van der Waals surface area (Å²) in [6.07, 6.45) is 0.887. The number of hydrogen-bond acceptors (Lipinski definition) is 2. The standard InChI is InChI=1S/C12H14ClFN2O/c1-7-4-10(13)9(5-11(7)14)12(17)16-8-2-3-15-6-8/h4-5,8,15H,2-3,6H2,1H3,(H,16,17). The molecule has 0 saturated carbocycles. The molecule has 2 N–H and O–H groups in total. The monoisotopic (exact) mass is 256 g/mol. The topological polar surface area (TPSA) is 41.1 Å². The first kappa shape index (κ1) is 12.3. The highest BCUT2D eigenvalue weighted by molar-refractivity contribution is 6.33. The van der Waals surface area contributed by atoms with Crippen molar-refractivity contribution in [2.75, 3.05) is 13.1 Å². The minimum atomic E-state index is -0.413. The molecule has 1 amide bonds. The molecular weight excluding hydrogens is 243 g/mol. The Morgan fingerprint density at radius 2 is 2.35 bits per heavy atom. The molecule has 0 aromatic heterocycles. The van der Waals surface area contributed by atoms with Gasteiger partial charge in [-0.15, -0.1) is 0 Å². The van der Waals surface area contributed by atoms with Crippen LogP contribution in [0.25, 0.3) is 0 Å². The average Bonchev–Trinajstić information content (AvgIpc) is 2.76.